The Morgan fingerprint density at radius 1 is 0.786 bits per heavy atom. The second-order valence-electron chi connectivity index (χ2n) is 6.09. The van der Waals surface area contributed by atoms with Crippen LogP contribution in [0.5, 0.6) is 11.5 Å². The molecule has 1 N–H and O–H groups in total. The summed E-state index contributed by atoms with van der Waals surface area (Å²) in [5.41, 5.74) is 3.16. The van der Waals surface area contributed by atoms with E-state index < -0.39 is 10.1 Å². The standard InChI is InChI=1S/C21H16N2O4S/c24-28(25,26)21-11-9-20(10-12-21)27-19-7-3-17(4-8-19)16-1-5-18(6-2-16)23-14-13-22-15-23/h1-15H,(H,24,25,26). The lowest BCUT2D eigenvalue weighted by atomic mass is 10.1. The normalized spacial score (nSPS) is 11.3. The van der Waals surface area contributed by atoms with Crippen molar-refractivity contribution in [1.82, 2.24) is 9.55 Å². The van der Waals surface area contributed by atoms with Gasteiger partial charge >= 0.3 is 0 Å². The number of nitrogens with zero attached hydrogens (tertiary/aromatic N) is 2. The van der Waals surface area contributed by atoms with Gasteiger partial charge in [-0.05, 0) is 59.7 Å². The summed E-state index contributed by atoms with van der Waals surface area (Å²) in [6, 6.07) is 21.3. The molecule has 0 aliphatic rings. The van der Waals surface area contributed by atoms with Crippen LogP contribution in [-0.4, -0.2) is 22.5 Å². The monoisotopic (exact) mass is 392 g/mol. The first kappa shape index (κ1) is 18.0. The minimum atomic E-state index is -4.21. The molecule has 0 spiro atoms. The zero-order valence-corrected chi connectivity index (χ0v) is 15.5. The third-order valence-corrected chi connectivity index (χ3v) is 5.08. The van der Waals surface area contributed by atoms with Crippen LogP contribution in [0.25, 0.3) is 16.8 Å². The molecule has 4 aromatic rings. The van der Waals surface area contributed by atoms with Gasteiger partial charge in [-0.15, -0.1) is 0 Å². The van der Waals surface area contributed by atoms with Gasteiger partial charge in [0.25, 0.3) is 10.1 Å². The van der Waals surface area contributed by atoms with Crippen molar-refractivity contribution < 1.29 is 17.7 Å². The predicted molar refractivity (Wildman–Crippen MR) is 105 cm³/mol. The maximum absolute atomic E-state index is 11.1. The summed E-state index contributed by atoms with van der Waals surface area (Å²) in [7, 11) is -4.21. The van der Waals surface area contributed by atoms with Crippen molar-refractivity contribution in [2.24, 2.45) is 0 Å². The van der Waals surface area contributed by atoms with E-state index in [0.717, 1.165) is 16.8 Å². The van der Waals surface area contributed by atoms with E-state index >= 15 is 0 Å². The Morgan fingerprint density at radius 2 is 1.32 bits per heavy atom. The third-order valence-electron chi connectivity index (χ3n) is 4.21. The van der Waals surface area contributed by atoms with Crippen LogP contribution in [0, 0.1) is 0 Å². The first-order valence-electron chi connectivity index (χ1n) is 8.43. The van der Waals surface area contributed by atoms with E-state index in [2.05, 4.69) is 4.98 Å². The zero-order valence-electron chi connectivity index (χ0n) is 14.6. The SMILES string of the molecule is O=S(=O)(O)c1ccc(Oc2ccc(-c3ccc(-n4ccnc4)cc3)cc2)cc1. The molecule has 0 fully saturated rings. The molecule has 140 valence electrons. The number of ether oxygens (including phenoxy) is 1. The van der Waals surface area contributed by atoms with Crippen LogP contribution >= 0.6 is 0 Å². The van der Waals surface area contributed by atoms with E-state index in [4.69, 9.17) is 9.29 Å². The second-order valence-corrected chi connectivity index (χ2v) is 7.51. The molecule has 6 nitrogen and oxygen atoms in total. The lowest BCUT2D eigenvalue weighted by molar-refractivity contribution is 0.478. The van der Waals surface area contributed by atoms with Crippen LogP contribution in [0.3, 0.4) is 0 Å². The fourth-order valence-corrected chi connectivity index (χ4v) is 3.25. The number of rotatable bonds is 5. The van der Waals surface area contributed by atoms with Gasteiger partial charge in [0.05, 0.1) is 11.2 Å². The van der Waals surface area contributed by atoms with Crippen LogP contribution in [0.4, 0.5) is 0 Å². The summed E-state index contributed by atoms with van der Waals surface area (Å²) >= 11 is 0. The molecule has 0 bridgehead atoms. The number of hydrogen-bond donors (Lipinski definition) is 1. The number of benzene rings is 3. The molecule has 3 aromatic carbocycles. The van der Waals surface area contributed by atoms with Crippen molar-refractivity contribution in [1.29, 1.82) is 0 Å². The zero-order chi connectivity index (χ0) is 19.6. The Morgan fingerprint density at radius 3 is 1.82 bits per heavy atom. The van der Waals surface area contributed by atoms with Crippen LogP contribution in [-0.2, 0) is 10.1 Å². The minimum Gasteiger partial charge on any atom is -0.457 e. The highest BCUT2D eigenvalue weighted by Gasteiger charge is 2.09. The fourth-order valence-electron chi connectivity index (χ4n) is 2.77. The molecule has 0 radical (unpaired) electrons. The van der Waals surface area contributed by atoms with E-state index in [1.54, 1.807) is 12.5 Å². The fraction of sp³-hybridized carbons (Fsp3) is 0. The quantitative estimate of drug-likeness (QED) is 0.503. The average Bonchev–Trinajstić information content (AvgIpc) is 3.23. The Balaban J connectivity index is 1.48. The third kappa shape index (κ3) is 3.95. The van der Waals surface area contributed by atoms with Crippen LogP contribution in [0.15, 0.2) is 96.4 Å². The molecule has 4 rings (SSSR count). The number of aromatic nitrogens is 2. The van der Waals surface area contributed by atoms with Crippen molar-refractivity contribution in [3.63, 3.8) is 0 Å². The Bertz CT molecular complexity index is 1170. The summed E-state index contributed by atoms with van der Waals surface area (Å²) in [6.07, 6.45) is 5.39. The van der Waals surface area contributed by atoms with Crippen molar-refractivity contribution in [3.8, 4) is 28.3 Å². The Labute approximate surface area is 162 Å². The number of hydrogen-bond acceptors (Lipinski definition) is 4. The first-order chi connectivity index (χ1) is 13.5. The van der Waals surface area contributed by atoms with Gasteiger partial charge < -0.3 is 9.30 Å². The molecule has 0 atom stereocenters. The van der Waals surface area contributed by atoms with Crippen LogP contribution in [0.1, 0.15) is 0 Å². The molecular formula is C21H16N2O4S. The maximum Gasteiger partial charge on any atom is 0.294 e. The predicted octanol–water partition coefficient (Wildman–Crippen LogP) is 4.58. The summed E-state index contributed by atoms with van der Waals surface area (Å²) in [4.78, 5) is 3.87. The highest BCUT2D eigenvalue weighted by atomic mass is 32.2. The van der Waals surface area contributed by atoms with E-state index in [9.17, 15) is 8.42 Å². The van der Waals surface area contributed by atoms with Crippen molar-refractivity contribution in [2.75, 3.05) is 0 Å². The molecule has 1 heterocycles. The molecular weight excluding hydrogens is 376 g/mol. The maximum atomic E-state index is 11.1. The molecule has 0 aliphatic carbocycles. The molecule has 0 saturated heterocycles. The lowest BCUT2D eigenvalue weighted by Crippen LogP contribution is -1.97. The summed E-state index contributed by atoms with van der Waals surface area (Å²) in [5, 5.41) is 0. The van der Waals surface area contributed by atoms with E-state index in [0.29, 0.717) is 11.5 Å². The molecule has 0 saturated carbocycles. The van der Waals surface area contributed by atoms with Gasteiger partial charge in [-0.2, -0.15) is 8.42 Å². The number of imidazole rings is 1. The second kappa shape index (κ2) is 7.30. The molecule has 0 amide bonds. The van der Waals surface area contributed by atoms with Gasteiger partial charge in [0.2, 0.25) is 0 Å². The van der Waals surface area contributed by atoms with Crippen molar-refractivity contribution in [2.45, 2.75) is 4.90 Å². The van der Waals surface area contributed by atoms with Gasteiger partial charge in [-0.1, -0.05) is 24.3 Å². The summed E-state index contributed by atoms with van der Waals surface area (Å²) in [5.74, 6) is 1.10. The topological polar surface area (TPSA) is 81.4 Å². The summed E-state index contributed by atoms with van der Waals surface area (Å²) < 4.78 is 38.8. The smallest absolute Gasteiger partial charge is 0.294 e. The van der Waals surface area contributed by atoms with Crippen molar-refractivity contribution >= 4 is 10.1 Å². The largest absolute Gasteiger partial charge is 0.457 e. The minimum absolute atomic E-state index is 0.172. The average molecular weight is 392 g/mol. The first-order valence-corrected chi connectivity index (χ1v) is 9.87. The Kier molecular flexibility index (Phi) is 4.68. The Hall–Kier alpha value is -3.42. The lowest BCUT2D eigenvalue weighted by Gasteiger charge is -2.08. The highest BCUT2D eigenvalue weighted by molar-refractivity contribution is 7.85. The van der Waals surface area contributed by atoms with E-state index in [-0.39, 0.29) is 4.90 Å². The molecule has 7 heteroatoms. The van der Waals surface area contributed by atoms with Gasteiger partial charge in [-0.25, -0.2) is 4.98 Å². The summed E-state index contributed by atoms with van der Waals surface area (Å²) in [6.45, 7) is 0. The van der Waals surface area contributed by atoms with Crippen LogP contribution < -0.4 is 4.74 Å². The van der Waals surface area contributed by atoms with E-state index in [1.807, 2.05) is 59.3 Å². The molecule has 1 aromatic heterocycles. The van der Waals surface area contributed by atoms with Gasteiger partial charge in [0.1, 0.15) is 11.5 Å². The van der Waals surface area contributed by atoms with E-state index in [1.165, 1.54) is 24.3 Å². The molecule has 0 aliphatic heterocycles. The van der Waals surface area contributed by atoms with Crippen LogP contribution in [0.2, 0.25) is 0 Å². The molecule has 28 heavy (non-hydrogen) atoms. The van der Waals surface area contributed by atoms with Crippen molar-refractivity contribution in [3.05, 3.63) is 91.5 Å². The van der Waals surface area contributed by atoms with Gasteiger partial charge in [-0.3, -0.25) is 4.55 Å². The highest BCUT2D eigenvalue weighted by Crippen LogP contribution is 2.27. The molecule has 0 unspecified atom stereocenters. The van der Waals surface area contributed by atoms with Gasteiger partial charge in [0.15, 0.2) is 0 Å². The van der Waals surface area contributed by atoms with Gasteiger partial charge in [0, 0.05) is 18.1 Å².